The Balaban J connectivity index is 2.05. The number of rotatable bonds is 8. The molecule has 1 amide bonds. The Kier molecular flexibility index (Phi) is 7.46. The van der Waals surface area contributed by atoms with Gasteiger partial charge < -0.3 is 10.1 Å². The summed E-state index contributed by atoms with van der Waals surface area (Å²) in [7, 11) is 1.63. The van der Waals surface area contributed by atoms with Crippen LogP contribution in [0, 0.1) is 0 Å². The maximum Gasteiger partial charge on any atom is 0.244 e. The molecule has 1 N–H and O–H groups in total. The van der Waals surface area contributed by atoms with Gasteiger partial charge in [-0.25, -0.2) is 0 Å². The van der Waals surface area contributed by atoms with Crippen molar-refractivity contribution in [1.82, 2.24) is 5.32 Å². The number of nitrogens with one attached hydrogen (secondary N) is 1. The lowest BCUT2D eigenvalue weighted by Gasteiger charge is -2.18. The van der Waals surface area contributed by atoms with Crippen LogP contribution in [0.3, 0.4) is 0 Å². The Morgan fingerprint density at radius 3 is 2.31 bits per heavy atom. The van der Waals surface area contributed by atoms with Crippen LogP contribution in [0.25, 0.3) is 6.08 Å². The second-order valence-corrected chi connectivity index (χ2v) is 6.52. The quantitative estimate of drug-likeness (QED) is 0.639. The van der Waals surface area contributed by atoms with Gasteiger partial charge in [-0.3, -0.25) is 4.79 Å². The molecule has 0 saturated heterocycles. The van der Waals surface area contributed by atoms with E-state index in [-0.39, 0.29) is 11.9 Å². The molecule has 2 aromatic carbocycles. The molecular formula is C23H29NO2. The first-order valence-electron chi connectivity index (χ1n) is 9.30. The molecule has 2 unspecified atom stereocenters. The molecule has 0 bridgehead atoms. The Hall–Kier alpha value is -2.55. The second kappa shape index (κ2) is 9.81. The van der Waals surface area contributed by atoms with E-state index >= 15 is 0 Å². The third-order valence-electron chi connectivity index (χ3n) is 4.80. The highest BCUT2D eigenvalue weighted by atomic mass is 16.5. The molecule has 138 valence electrons. The molecule has 3 nitrogen and oxygen atoms in total. The number of methoxy groups -OCH3 is 1. The number of ether oxygens (including phenoxy) is 1. The zero-order valence-electron chi connectivity index (χ0n) is 16.2. The molecule has 3 heteroatoms. The first kappa shape index (κ1) is 19.8. The predicted octanol–water partition coefficient (Wildman–Crippen LogP) is 5.49. The normalized spacial score (nSPS) is 13.4. The number of benzene rings is 2. The SMILES string of the molecule is CCC(C)c1ccc(C(CC)NC(=O)/C=C/c2ccccc2OC)cc1. The number of hydrogen-bond acceptors (Lipinski definition) is 2. The summed E-state index contributed by atoms with van der Waals surface area (Å²) in [4.78, 5) is 12.3. The van der Waals surface area contributed by atoms with Gasteiger partial charge in [0.1, 0.15) is 5.75 Å². The van der Waals surface area contributed by atoms with Crippen LogP contribution in [-0.4, -0.2) is 13.0 Å². The van der Waals surface area contributed by atoms with Crippen LogP contribution in [0.5, 0.6) is 5.75 Å². The van der Waals surface area contributed by atoms with E-state index in [2.05, 4.69) is 50.4 Å². The average Bonchev–Trinajstić information content (AvgIpc) is 2.70. The smallest absolute Gasteiger partial charge is 0.244 e. The van der Waals surface area contributed by atoms with E-state index < -0.39 is 0 Å². The molecule has 0 saturated carbocycles. The molecular weight excluding hydrogens is 322 g/mol. The molecule has 2 rings (SSSR count). The predicted molar refractivity (Wildman–Crippen MR) is 108 cm³/mol. The van der Waals surface area contributed by atoms with Gasteiger partial charge in [-0.2, -0.15) is 0 Å². The fraction of sp³-hybridized carbons (Fsp3) is 0.348. The van der Waals surface area contributed by atoms with Crippen molar-refractivity contribution in [1.29, 1.82) is 0 Å². The van der Waals surface area contributed by atoms with Gasteiger partial charge in [0.2, 0.25) is 5.91 Å². The van der Waals surface area contributed by atoms with Gasteiger partial charge in [-0.05, 0) is 42.0 Å². The van der Waals surface area contributed by atoms with Gasteiger partial charge in [-0.15, -0.1) is 0 Å². The molecule has 2 aromatic rings. The van der Waals surface area contributed by atoms with Crippen molar-refractivity contribution in [3.05, 3.63) is 71.3 Å². The summed E-state index contributed by atoms with van der Waals surface area (Å²) < 4.78 is 5.31. The Labute approximate surface area is 157 Å². The van der Waals surface area contributed by atoms with E-state index in [0.29, 0.717) is 5.92 Å². The lowest BCUT2D eigenvalue weighted by molar-refractivity contribution is -0.117. The molecule has 2 atom stereocenters. The summed E-state index contributed by atoms with van der Waals surface area (Å²) in [5.41, 5.74) is 3.36. The Bertz CT molecular complexity index is 734. The van der Waals surface area contributed by atoms with Crippen molar-refractivity contribution in [3.63, 3.8) is 0 Å². The lowest BCUT2D eigenvalue weighted by Crippen LogP contribution is -2.26. The van der Waals surface area contributed by atoms with Crippen LogP contribution >= 0.6 is 0 Å². The number of amides is 1. The van der Waals surface area contributed by atoms with Crippen molar-refractivity contribution in [2.75, 3.05) is 7.11 Å². The van der Waals surface area contributed by atoms with Crippen molar-refractivity contribution in [3.8, 4) is 5.75 Å². The van der Waals surface area contributed by atoms with Gasteiger partial charge in [0.05, 0.1) is 13.2 Å². The maximum atomic E-state index is 12.3. The molecule has 0 heterocycles. The van der Waals surface area contributed by atoms with Crippen LogP contribution in [-0.2, 0) is 4.79 Å². The summed E-state index contributed by atoms with van der Waals surface area (Å²) in [6.07, 6.45) is 5.32. The minimum atomic E-state index is -0.103. The zero-order chi connectivity index (χ0) is 18.9. The first-order chi connectivity index (χ1) is 12.6. The van der Waals surface area contributed by atoms with E-state index in [0.717, 1.165) is 29.7 Å². The fourth-order valence-electron chi connectivity index (χ4n) is 2.90. The minimum absolute atomic E-state index is 0.0100. The lowest BCUT2D eigenvalue weighted by atomic mass is 9.95. The largest absolute Gasteiger partial charge is 0.496 e. The third-order valence-corrected chi connectivity index (χ3v) is 4.80. The molecule has 0 aliphatic rings. The number of para-hydroxylation sites is 1. The molecule has 0 aliphatic carbocycles. The first-order valence-corrected chi connectivity index (χ1v) is 9.30. The van der Waals surface area contributed by atoms with E-state index in [9.17, 15) is 4.79 Å². The number of carbonyl (C=O) groups is 1. The minimum Gasteiger partial charge on any atom is -0.496 e. The van der Waals surface area contributed by atoms with Crippen LogP contribution in [0.15, 0.2) is 54.6 Å². The summed E-state index contributed by atoms with van der Waals surface area (Å²) >= 11 is 0. The van der Waals surface area contributed by atoms with Crippen LogP contribution in [0.1, 0.15) is 62.3 Å². The summed E-state index contributed by atoms with van der Waals surface area (Å²) in [5, 5.41) is 3.09. The highest BCUT2D eigenvalue weighted by Gasteiger charge is 2.12. The summed E-state index contributed by atoms with van der Waals surface area (Å²) in [5.74, 6) is 1.21. The van der Waals surface area contributed by atoms with Gasteiger partial charge in [0.15, 0.2) is 0 Å². The molecule has 0 spiro atoms. The molecule has 26 heavy (non-hydrogen) atoms. The molecule has 0 aromatic heterocycles. The van der Waals surface area contributed by atoms with Crippen molar-refractivity contribution in [2.45, 2.75) is 45.6 Å². The Morgan fingerprint density at radius 1 is 1.04 bits per heavy atom. The van der Waals surface area contributed by atoms with Crippen LogP contribution in [0.4, 0.5) is 0 Å². The zero-order valence-corrected chi connectivity index (χ0v) is 16.2. The van der Waals surface area contributed by atoms with Crippen molar-refractivity contribution >= 4 is 12.0 Å². The van der Waals surface area contributed by atoms with Gasteiger partial charge in [0, 0.05) is 11.6 Å². The van der Waals surface area contributed by atoms with Gasteiger partial charge >= 0.3 is 0 Å². The van der Waals surface area contributed by atoms with E-state index in [1.807, 2.05) is 24.3 Å². The summed E-state index contributed by atoms with van der Waals surface area (Å²) in [6, 6.07) is 16.2. The standard InChI is InChI=1S/C23H29NO2/c1-5-17(3)18-11-13-19(14-12-18)21(6-2)24-23(25)16-15-20-9-7-8-10-22(20)26-4/h7-17,21H,5-6H2,1-4H3,(H,24,25)/b16-15+. The van der Waals surface area contributed by atoms with Crippen molar-refractivity contribution in [2.24, 2.45) is 0 Å². The van der Waals surface area contributed by atoms with Crippen LogP contribution < -0.4 is 10.1 Å². The topological polar surface area (TPSA) is 38.3 Å². The molecule has 0 aliphatic heterocycles. The maximum absolute atomic E-state index is 12.3. The molecule has 0 radical (unpaired) electrons. The third kappa shape index (κ3) is 5.22. The molecule has 0 fully saturated rings. The summed E-state index contributed by atoms with van der Waals surface area (Å²) in [6.45, 7) is 6.51. The fourth-order valence-corrected chi connectivity index (χ4v) is 2.90. The number of carbonyl (C=O) groups excluding carboxylic acids is 1. The van der Waals surface area contributed by atoms with Gasteiger partial charge in [0.25, 0.3) is 0 Å². The monoisotopic (exact) mass is 351 g/mol. The number of hydrogen-bond donors (Lipinski definition) is 1. The van der Waals surface area contributed by atoms with E-state index in [4.69, 9.17) is 4.74 Å². The van der Waals surface area contributed by atoms with Crippen LogP contribution in [0.2, 0.25) is 0 Å². The van der Waals surface area contributed by atoms with Gasteiger partial charge in [-0.1, -0.05) is 63.2 Å². The second-order valence-electron chi connectivity index (χ2n) is 6.52. The van der Waals surface area contributed by atoms with E-state index in [1.165, 1.54) is 5.56 Å². The van der Waals surface area contributed by atoms with E-state index in [1.54, 1.807) is 19.3 Å². The highest BCUT2D eigenvalue weighted by molar-refractivity contribution is 5.92. The Morgan fingerprint density at radius 2 is 1.69 bits per heavy atom. The van der Waals surface area contributed by atoms with Crippen molar-refractivity contribution < 1.29 is 9.53 Å². The highest BCUT2D eigenvalue weighted by Crippen LogP contribution is 2.23. The average molecular weight is 351 g/mol.